The second-order valence-corrected chi connectivity index (χ2v) is 7.85. The molecule has 2 aromatic carbocycles. The van der Waals surface area contributed by atoms with E-state index in [1.54, 1.807) is 42.5 Å². The Morgan fingerprint density at radius 3 is 2.24 bits per heavy atom. The third-order valence-corrected chi connectivity index (χ3v) is 5.12. The van der Waals surface area contributed by atoms with E-state index in [4.69, 9.17) is 11.6 Å². The van der Waals surface area contributed by atoms with Crippen molar-refractivity contribution in [2.75, 3.05) is 0 Å². The Morgan fingerprint density at radius 2 is 1.76 bits per heavy atom. The van der Waals surface area contributed by atoms with Gasteiger partial charge >= 0.3 is 7.12 Å². The van der Waals surface area contributed by atoms with E-state index in [1.807, 2.05) is 6.92 Å². The van der Waals surface area contributed by atoms with Crippen LogP contribution in [0, 0.1) is 11.2 Å². The predicted octanol–water partition coefficient (Wildman–Crippen LogP) is 3.21. The number of carbonyl (C=O) groups excluding carboxylic acids is 2. The van der Waals surface area contributed by atoms with Gasteiger partial charge < -0.3 is 15.4 Å². The lowest BCUT2D eigenvalue weighted by Crippen LogP contribution is -2.49. The molecule has 1 amide bonds. The Balaban J connectivity index is 0.000000253. The first-order valence-corrected chi connectivity index (χ1v) is 9.67. The summed E-state index contributed by atoms with van der Waals surface area (Å²) in [7, 11) is -1.72. The molecule has 0 bridgehead atoms. The number of rotatable bonds is 6. The molecule has 5 nitrogen and oxygen atoms in total. The Bertz CT molecular complexity index is 856. The monoisotopic (exact) mass is 419 g/mol. The first-order chi connectivity index (χ1) is 13.6. The number of nitrogens with one attached hydrogen (secondary N) is 1. The van der Waals surface area contributed by atoms with Crippen molar-refractivity contribution in [2.24, 2.45) is 5.41 Å². The van der Waals surface area contributed by atoms with Gasteiger partial charge in [0, 0.05) is 16.0 Å². The maximum Gasteiger partial charge on any atom is 0.475 e. The van der Waals surface area contributed by atoms with Crippen LogP contribution in [0.2, 0.25) is 5.02 Å². The summed E-state index contributed by atoms with van der Waals surface area (Å²) in [6.45, 7) is 3.36. The Labute approximate surface area is 175 Å². The van der Waals surface area contributed by atoms with Crippen LogP contribution in [0.1, 0.15) is 42.6 Å². The minimum absolute atomic E-state index is 0.0478. The van der Waals surface area contributed by atoms with Crippen molar-refractivity contribution in [3.05, 3.63) is 70.5 Å². The molecular formula is C21H24BClFNO4. The van der Waals surface area contributed by atoms with Crippen LogP contribution in [-0.2, 0) is 11.2 Å². The van der Waals surface area contributed by atoms with Crippen LogP contribution in [-0.4, -0.2) is 34.8 Å². The van der Waals surface area contributed by atoms with Crippen molar-refractivity contribution >= 4 is 30.4 Å². The van der Waals surface area contributed by atoms with E-state index in [0.29, 0.717) is 16.1 Å². The quantitative estimate of drug-likeness (QED) is 0.496. The molecule has 0 spiro atoms. The minimum atomic E-state index is -1.72. The van der Waals surface area contributed by atoms with E-state index < -0.39 is 24.3 Å². The highest BCUT2D eigenvalue weighted by atomic mass is 35.5. The maximum absolute atomic E-state index is 13.5. The number of amides is 1. The van der Waals surface area contributed by atoms with Gasteiger partial charge in [-0.05, 0) is 62.1 Å². The minimum Gasteiger partial charge on any atom is -0.426 e. The lowest BCUT2D eigenvalue weighted by Gasteiger charge is -2.20. The van der Waals surface area contributed by atoms with E-state index in [-0.39, 0.29) is 18.1 Å². The standard InChI is InChI=1S/C13H17BFNO3.C8H7ClO/c1-13(6-7-13)12(17)16-11(14(18)19)8-9-4-2-3-5-10(9)15;1-6(10)7-2-4-8(9)5-3-7/h2-5,11,18-19H,6-8H2,1H3,(H,16,17);2-5H,1H3/t11-;/m0./s1. The van der Waals surface area contributed by atoms with Crippen molar-refractivity contribution < 1.29 is 24.0 Å². The first kappa shape index (κ1) is 23.1. The second-order valence-electron chi connectivity index (χ2n) is 7.41. The van der Waals surface area contributed by atoms with Gasteiger partial charge in [0.1, 0.15) is 5.82 Å². The van der Waals surface area contributed by atoms with E-state index in [9.17, 15) is 24.0 Å². The summed E-state index contributed by atoms with van der Waals surface area (Å²) in [6.07, 6.45) is 1.64. The van der Waals surface area contributed by atoms with Crippen LogP contribution in [0.3, 0.4) is 0 Å². The summed E-state index contributed by atoms with van der Waals surface area (Å²) in [5.74, 6) is -1.46. The molecule has 1 atom stereocenters. The van der Waals surface area contributed by atoms with E-state index >= 15 is 0 Å². The zero-order valence-electron chi connectivity index (χ0n) is 16.4. The molecule has 29 heavy (non-hydrogen) atoms. The van der Waals surface area contributed by atoms with E-state index in [1.165, 1.54) is 13.0 Å². The Kier molecular flexibility index (Phi) is 7.96. The molecule has 0 heterocycles. The molecule has 8 heteroatoms. The summed E-state index contributed by atoms with van der Waals surface area (Å²) in [4.78, 5) is 22.6. The molecule has 3 N–H and O–H groups in total. The fourth-order valence-corrected chi connectivity index (χ4v) is 2.70. The first-order valence-electron chi connectivity index (χ1n) is 9.29. The second kappa shape index (κ2) is 10.0. The number of Topliss-reactive ketones (excluding diaryl/α,β-unsaturated/α-hetero) is 1. The number of ketones is 1. The molecule has 0 aromatic heterocycles. The summed E-state index contributed by atoms with van der Waals surface area (Å²) in [6, 6.07) is 12.9. The zero-order chi connectivity index (χ0) is 21.6. The molecular weight excluding hydrogens is 395 g/mol. The summed E-state index contributed by atoms with van der Waals surface area (Å²) in [5.41, 5.74) is 0.647. The van der Waals surface area contributed by atoms with Crippen molar-refractivity contribution in [2.45, 2.75) is 39.1 Å². The smallest absolute Gasteiger partial charge is 0.426 e. The average Bonchev–Trinajstić information content (AvgIpc) is 3.42. The molecule has 1 saturated carbocycles. The van der Waals surface area contributed by atoms with Crippen LogP contribution >= 0.6 is 11.6 Å². The highest BCUT2D eigenvalue weighted by Crippen LogP contribution is 2.45. The SMILES string of the molecule is CC(=O)c1ccc(Cl)cc1.CC1(C(=O)N[C@@H](Cc2ccccc2F)B(O)O)CC1. The fraction of sp³-hybridized carbons (Fsp3) is 0.333. The van der Waals surface area contributed by atoms with Gasteiger partial charge in [-0.1, -0.05) is 36.7 Å². The van der Waals surface area contributed by atoms with Gasteiger partial charge in [0.25, 0.3) is 0 Å². The fourth-order valence-electron chi connectivity index (χ4n) is 2.57. The van der Waals surface area contributed by atoms with Gasteiger partial charge in [0.15, 0.2) is 5.78 Å². The van der Waals surface area contributed by atoms with Crippen LogP contribution in [0.15, 0.2) is 48.5 Å². The maximum atomic E-state index is 13.5. The highest BCUT2D eigenvalue weighted by molar-refractivity contribution is 6.43. The highest BCUT2D eigenvalue weighted by Gasteiger charge is 2.46. The molecule has 1 aliphatic rings. The lowest BCUT2D eigenvalue weighted by molar-refractivity contribution is -0.126. The van der Waals surface area contributed by atoms with Crippen LogP contribution < -0.4 is 5.32 Å². The number of hydrogen-bond acceptors (Lipinski definition) is 4. The van der Waals surface area contributed by atoms with Crippen LogP contribution in [0.5, 0.6) is 0 Å². The Morgan fingerprint density at radius 1 is 1.17 bits per heavy atom. The van der Waals surface area contributed by atoms with Gasteiger partial charge in [0.2, 0.25) is 5.91 Å². The molecule has 1 aliphatic carbocycles. The number of benzene rings is 2. The third-order valence-electron chi connectivity index (χ3n) is 4.87. The molecule has 1 fully saturated rings. The molecule has 154 valence electrons. The molecule has 0 aliphatic heterocycles. The Hall–Kier alpha value is -2.22. The third kappa shape index (κ3) is 6.96. The van der Waals surface area contributed by atoms with Gasteiger partial charge in [0.05, 0.1) is 5.94 Å². The van der Waals surface area contributed by atoms with Gasteiger partial charge in [-0.15, -0.1) is 0 Å². The lowest BCUT2D eigenvalue weighted by atomic mass is 9.75. The van der Waals surface area contributed by atoms with E-state index in [2.05, 4.69) is 5.32 Å². The van der Waals surface area contributed by atoms with Gasteiger partial charge in [-0.3, -0.25) is 9.59 Å². The molecule has 0 saturated heterocycles. The van der Waals surface area contributed by atoms with Crippen LogP contribution in [0.25, 0.3) is 0 Å². The zero-order valence-corrected chi connectivity index (χ0v) is 17.1. The van der Waals surface area contributed by atoms with Crippen LogP contribution in [0.4, 0.5) is 4.39 Å². The summed E-state index contributed by atoms with van der Waals surface area (Å²) < 4.78 is 13.5. The number of carbonyl (C=O) groups is 2. The number of halogens is 2. The van der Waals surface area contributed by atoms with Gasteiger partial charge in [-0.25, -0.2) is 4.39 Å². The molecule has 2 aromatic rings. The van der Waals surface area contributed by atoms with Crippen molar-refractivity contribution in [1.29, 1.82) is 0 Å². The normalized spacial score (nSPS) is 14.8. The largest absolute Gasteiger partial charge is 0.475 e. The molecule has 0 unspecified atom stereocenters. The van der Waals surface area contributed by atoms with E-state index in [0.717, 1.165) is 12.8 Å². The van der Waals surface area contributed by atoms with Crippen molar-refractivity contribution in [3.63, 3.8) is 0 Å². The van der Waals surface area contributed by atoms with Crippen molar-refractivity contribution in [1.82, 2.24) is 5.32 Å². The number of hydrogen-bond donors (Lipinski definition) is 3. The predicted molar refractivity (Wildman–Crippen MR) is 111 cm³/mol. The average molecular weight is 420 g/mol. The van der Waals surface area contributed by atoms with Crippen molar-refractivity contribution in [3.8, 4) is 0 Å². The van der Waals surface area contributed by atoms with Gasteiger partial charge in [-0.2, -0.15) is 0 Å². The topological polar surface area (TPSA) is 86.6 Å². The summed E-state index contributed by atoms with van der Waals surface area (Å²) in [5, 5.41) is 21.9. The molecule has 0 radical (unpaired) electrons. The summed E-state index contributed by atoms with van der Waals surface area (Å²) >= 11 is 5.61. The molecule has 3 rings (SSSR count).